The van der Waals surface area contributed by atoms with E-state index in [0.29, 0.717) is 4.90 Å². The van der Waals surface area contributed by atoms with Gasteiger partial charge in [-0.15, -0.1) is 11.8 Å². The van der Waals surface area contributed by atoms with Gasteiger partial charge in [0.1, 0.15) is 6.61 Å². The van der Waals surface area contributed by atoms with Crippen molar-refractivity contribution in [1.29, 1.82) is 0 Å². The Kier molecular flexibility index (Phi) is 5.58. The first kappa shape index (κ1) is 17.0. The van der Waals surface area contributed by atoms with Crippen molar-refractivity contribution in [1.82, 2.24) is 0 Å². The number of ether oxygens (including phenoxy) is 1. The molecule has 2 N–H and O–H groups in total. The van der Waals surface area contributed by atoms with Gasteiger partial charge in [0.05, 0.1) is 12.2 Å². The molecule has 0 saturated heterocycles. The van der Waals surface area contributed by atoms with E-state index in [0.717, 1.165) is 23.9 Å². The maximum absolute atomic E-state index is 12.4. The van der Waals surface area contributed by atoms with E-state index in [1.807, 2.05) is 0 Å². The van der Waals surface area contributed by atoms with E-state index in [-0.39, 0.29) is 18.0 Å². The van der Waals surface area contributed by atoms with Crippen LogP contribution in [0.5, 0.6) is 0 Å². The summed E-state index contributed by atoms with van der Waals surface area (Å²) in [6.45, 7) is -1.53. The fourth-order valence-corrected chi connectivity index (χ4v) is 2.07. The first-order valence-corrected chi connectivity index (χ1v) is 6.32. The van der Waals surface area contributed by atoms with Gasteiger partial charge in [-0.2, -0.15) is 26.3 Å². The van der Waals surface area contributed by atoms with Crippen molar-refractivity contribution in [2.24, 2.45) is 0 Å². The molecule has 0 radical (unpaired) electrons. The summed E-state index contributed by atoms with van der Waals surface area (Å²) in [7, 11) is 0. The van der Waals surface area contributed by atoms with Gasteiger partial charge in [0.25, 0.3) is 0 Å². The van der Waals surface area contributed by atoms with Crippen LogP contribution in [0.1, 0.15) is 5.56 Å². The van der Waals surface area contributed by atoms with Gasteiger partial charge in [-0.25, -0.2) is 0 Å². The smallest absolute Gasteiger partial charge is 0.398 e. The number of benzene rings is 1. The molecule has 0 aliphatic heterocycles. The van der Waals surface area contributed by atoms with E-state index < -0.39 is 24.5 Å². The normalized spacial score (nSPS) is 12.7. The molecule has 0 saturated carbocycles. The maximum atomic E-state index is 12.4. The van der Waals surface area contributed by atoms with E-state index in [2.05, 4.69) is 4.74 Å². The lowest BCUT2D eigenvalue weighted by Crippen LogP contribution is -2.17. The Labute approximate surface area is 115 Å². The van der Waals surface area contributed by atoms with Crippen molar-refractivity contribution in [3.63, 3.8) is 0 Å². The average molecular weight is 319 g/mol. The zero-order chi connectivity index (χ0) is 15.4. The van der Waals surface area contributed by atoms with Crippen molar-refractivity contribution in [2.75, 3.05) is 24.7 Å². The number of anilines is 1. The second-order valence-corrected chi connectivity index (χ2v) is 4.90. The molecule has 0 aliphatic rings. The van der Waals surface area contributed by atoms with Gasteiger partial charge in [-0.3, -0.25) is 0 Å². The first-order chi connectivity index (χ1) is 9.09. The number of nitrogens with two attached hydrogens (primary N) is 1. The molecule has 114 valence electrons. The molecule has 0 aliphatic carbocycles. The zero-order valence-corrected chi connectivity index (χ0v) is 10.8. The zero-order valence-electron chi connectivity index (χ0n) is 10.0. The molecule has 1 aromatic rings. The van der Waals surface area contributed by atoms with Crippen LogP contribution in [0.3, 0.4) is 0 Å². The molecule has 0 aromatic heterocycles. The van der Waals surface area contributed by atoms with Crippen LogP contribution in [-0.4, -0.2) is 25.1 Å². The van der Waals surface area contributed by atoms with E-state index in [4.69, 9.17) is 5.73 Å². The third kappa shape index (κ3) is 5.91. The molecule has 0 bridgehead atoms. The van der Waals surface area contributed by atoms with Crippen LogP contribution in [0.4, 0.5) is 32.0 Å². The van der Waals surface area contributed by atoms with Crippen molar-refractivity contribution >= 4 is 17.4 Å². The minimum absolute atomic E-state index is 0.0688. The van der Waals surface area contributed by atoms with E-state index in [9.17, 15) is 26.3 Å². The summed E-state index contributed by atoms with van der Waals surface area (Å²) in [5.41, 5.74) is 4.52. The van der Waals surface area contributed by atoms with Crippen LogP contribution in [0.15, 0.2) is 23.1 Å². The molecule has 1 aromatic carbocycles. The van der Waals surface area contributed by atoms with E-state index in [1.165, 1.54) is 6.07 Å². The summed E-state index contributed by atoms with van der Waals surface area (Å²) in [6.07, 6.45) is -8.87. The molecule has 0 fully saturated rings. The lowest BCUT2D eigenvalue weighted by atomic mass is 10.2. The lowest BCUT2D eigenvalue weighted by molar-refractivity contribution is -0.172. The molecule has 0 unspecified atom stereocenters. The summed E-state index contributed by atoms with van der Waals surface area (Å²) < 4.78 is 76.8. The molecule has 0 atom stereocenters. The highest BCUT2D eigenvalue weighted by molar-refractivity contribution is 7.99. The maximum Gasteiger partial charge on any atom is 0.416 e. The molecule has 2 nitrogen and oxygen atoms in total. The largest absolute Gasteiger partial charge is 0.416 e. The van der Waals surface area contributed by atoms with Gasteiger partial charge in [0.15, 0.2) is 0 Å². The second kappa shape index (κ2) is 6.57. The minimum Gasteiger partial charge on any atom is -0.398 e. The molecule has 0 amide bonds. The van der Waals surface area contributed by atoms with E-state index in [1.54, 1.807) is 0 Å². The number of alkyl halides is 6. The molecule has 20 heavy (non-hydrogen) atoms. The lowest BCUT2D eigenvalue weighted by Gasteiger charge is -2.11. The Hall–Kier alpha value is -1.09. The molecule has 9 heteroatoms. The number of hydrogen-bond donors (Lipinski definition) is 1. The fourth-order valence-electron chi connectivity index (χ4n) is 1.25. The summed E-state index contributed by atoms with van der Waals surface area (Å²) in [5, 5.41) is 0. The summed E-state index contributed by atoms with van der Waals surface area (Å²) in [4.78, 5) is 0.369. The predicted octanol–water partition coefficient (Wildman–Crippen LogP) is 3.96. The standard InChI is InChI=1S/C11H11F6NOS/c12-10(13,14)6-19-3-4-20-9-2-1-7(5-8(9)18)11(15,16)17/h1-2,5H,3-4,6,18H2. The van der Waals surface area contributed by atoms with E-state index >= 15 is 0 Å². The monoisotopic (exact) mass is 319 g/mol. The summed E-state index contributed by atoms with van der Waals surface area (Å²) >= 11 is 1.03. The topological polar surface area (TPSA) is 35.2 Å². The molecule has 1 rings (SSSR count). The number of halogens is 6. The van der Waals surface area contributed by atoms with Gasteiger partial charge in [0.2, 0.25) is 0 Å². The van der Waals surface area contributed by atoms with Crippen molar-refractivity contribution < 1.29 is 31.1 Å². The third-order valence-electron chi connectivity index (χ3n) is 2.09. The number of nitrogen functional groups attached to an aromatic ring is 1. The predicted molar refractivity (Wildman–Crippen MR) is 63.5 cm³/mol. The number of hydrogen-bond acceptors (Lipinski definition) is 3. The van der Waals surface area contributed by atoms with Crippen LogP contribution in [0.25, 0.3) is 0 Å². The Morgan fingerprint density at radius 1 is 1.10 bits per heavy atom. The number of thioether (sulfide) groups is 1. The average Bonchev–Trinajstić information content (AvgIpc) is 2.27. The van der Waals surface area contributed by atoms with Crippen molar-refractivity contribution in [2.45, 2.75) is 17.2 Å². The van der Waals surface area contributed by atoms with Crippen LogP contribution in [0, 0.1) is 0 Å². The van der Waals surface area contributed by atoms with Crippen molar-refractivity contribution in [3.05, 3.63) is 23.8 Å². The highest BCUT2D eigenvalue weighted by atomic mass is 32.2. The van der Waals surface area contributed by atoms with Crippen LogP contribution in [-0.2, 0) is 10.9 Å². The van der Waals surface area contributed by atoms with Gasteiger partial charge in [-0.05, 0) is 18.2 Å². The highest BCUT2D eigenvalue weighted by Gasteiger charge is 2.30. The van der Waals surface area contributed by atoms with Crippen LogP contribution < -0.4 is 5.73 Å². The van der Waals surface area contributed by atoms with Crippen LogP contribution in [0.2, 0.25) is 0 Å². The Morgan fingerprint density at radius 3 is 2.25 bits per heavy atom. The fraction of sp³-hybridized carbons (Fsp3) is 0.455. The summed E-state index contributed by atoms with van der Waals surface area (Å²) in [5.74, 6) is 0.158. The molecule has 0 spiro atoms. The highest BCUT2D eigenvalue weighted by Crippen LogP contribution is 2.34. The second-order valence-electron chi connectivity index (χ2n) is 3.77. The van der Waals surface area contributed by atoms with Gasteiger partial charge in [0, 0.05) is 16.3 Å². The first-order valence-electron chi connectivity index (χ1n) is 5.33. The quantitative estimate of drug-likeness (QED) is 0.386. The van der Waals surface area contributed by atoms with Gasteiger partial charge >= 0.3 is 12.4 Å². The SMILES string of the molecule is Nc1cc(C(F)(F)F)ccc1SCCOCC(F)(F)F. The molecular formula is C11H11F6NOS. The van der Waals surface area contributed by atoms with Crippen molar-refractivity contribution in [3.8, 4) is 0 Å². The Balaban J connectivity index is 2.46. The molecule has 0 heterocycles. The minimum atomic E-state index is -4.48. The van der Waals surface area contributed by atoms with Crippen LogP contribution >= 0.6 is 11.8 Å². The Morgan fingerprint density at radius 2 is 1.75 bits per heavy atom. The van der Waals surface area contributed by atoms with Gasteiger partial charge < -0.3 is 10.5 Å². The Bertz CT molecular complexity index is 446. The third-order valence-corrected chi connectivity index (χ3v) is 3.14. The van der Waals surface area contributed by atoms with Gasteiger partial charge in [-0.1, -0.05) is 0 Å². The summed E-state index contributed by atoms with van der Waals surface area (Å²) in [6, 6.07) is 2.85. The molecular weight excluding hydrogens is 308 g/mol. The number of rotatable bonds is 5.